The first-order chi connectivity index (χ1) is 10.4. The predicted molar refractivity (Wildman–Crippen MR) is 88.0 cm³/mol. The van der Waals surface area contributed by atoms with E-state index in [1.165, 1.54) is 21.6 Å². The van der Waals surface area contributed by atoms with Crippen LogP contribution in [0.1, 0.15) is 31.8 Å². The highest BCUT2D eigenvalue weighted by atomic mass is 33.1. The van der Waals surface area contributed by atoms with Crippen molar-refractivity contribution >= 4 is 33.5 Å². The summed E-state index contributed by atoms with van der Waals surface area (Å²) in [6, 6.07) is 10.2. The molecule has 0 fully saturated rings. The van der Waals surface area contributed by atoms with Gasteiger partial charge in [-0.25, -0.2) is 9.59 Å². The fraction of sp³-hybridized carbons (Fsp3) is 0.125. The molecule has 2 N–H and O–H groups in total. The average Bonchev–Trinajstić information content (AvgIpc) is 2.46. The summed E-state index contributed by atoms with van der Waals surface area (Å²) in [5.74, 6) is -1.98. The monoisotopic (exact) mass is 334 g/mol. The van der Waals surface area contributed by atoms with Crippen molar-refractivity contribution in [3.05, 3.63) is 58.7 Å². The molecule has 6 heteroatoms. The zero-order valence-electron chi connectivity index (χ0n) is 12.0. The Labute approximate surface area is 136 Å². The molecule has 2 rings (SSSR count). The number of hydrogen-bond donors (Lipinski definition) is 2. The Balaban J connectivity index is 2.36. The van der Waals surface area contributed by atoms with Crippen LogP contribution in [0.4, 0.5) is 0 Å². The minimum absolute atomic E-state index is 0.225. The van der Waals surface area contributed by atoms with Crippen LogP contribution in [-0.2, 0) is 0 Å². The van der Waals surface area contributed by atoms with E-state index < -0.39 is 11.9 Å². The summed E-state index contributed by atoms with van der Waals surface area (Å²) in [5.41, 5.74) is 2.15. The second kappa shape index (κ2) is 6.89. The van der Waals surface area contributed by atoms with Crippen molar-refractivity contribution in [2.24, 2.45) is 0 Å². The number of rotatable bonds is 5. The number of carboxylic acids is 2. The van der Waals surface area contributed by atoms with Crippen LogP contribution >= 0.6 is 21.6 Å². The number of carboxylic acid groups (broad SMARTS) is 2. The second-order valence-electron chi connectivity index (χ2n) is 4.68. The van der Waals surface area contributed by atoms with Crippen LogP contribution in [0.15, 0.2) is 46.2 Å². The number of aromatic carboxylic acids is 2. The number of benzene rings is 2. The van der Waals surface area contributed by atoms with Crippen molar-refractivity contribution in [2.75, 3.05) is 0 Å². The Bertz CT molecular complexity index is 677. The van der Waals surface area contributed by atoms with E-state index in [1.807, 2.05) is 26.0 Å². The van der Waals surface area contributed by atoms with Gasteiger partial charge < -0.3 is 10.2 Å². The van der Waals surface area contributed by atoms with Crippen LogP contribution in [0.2, 0.25) is 0 Å². The number of aryl methyl sites for hydroxylation is 2. The van der Waals surface area contributed by atoms with Gasteiger partial charge in [0.1, 0.15) is 0 Å². The van der Waals surface area contributed by atoms with Crippen LogP contribution in [0, 0.1) is 13.8 Å². The molecule has 0 spiro atoms. The SMILES string of the molecule is Cc1cccc(C(=O)O)c1SSc1c(C)cccc1C(=O)O. The molecular weight excluding hydrogens is 320 g/mol. The molecule has 2 aromatic carbocycles. The van der Waals surface area contributed by atoms with Crippen LogP contribution in [0.3, 0.4) is 0 Å². The van der Waals surface area contributed by atoms with E-state index in [-0.39, 0.29) is 11.1 Å². The first kappa shape index (κ1) is 16.5. The highest BCUT2D eigenvalue weighted by Gasteiger charge is 2.17. The first-order valence-corrected chi connectivity index (χ1v) is 8.57. The summed E-state index contributed by atoms with van der Waals surface area (Å²) in [4.78, 5) is 23.9. The van der Waals surface area contributed by atoms with Gasteiger partial charge in [-0.2, -0.15) is 0 Å². The molecule has 0 aromatic heterocycles. The molecule has 22 heavy (non-hydrogen) atoms. The Kier molecular flexibility index (Phi) is 5.15. The topological polar surface area (TPSA) is 74.6 Å². The third-order valence-electron chi connectivity index (χ3n) is 3.09. The summed E-state index contributed by atoms with van der Waals surface area (Å²) in [5, 5.41) is 18.5. The van der Waals surface area contributed by atoms with Crippen LogP contribution in [0.25, 0.3) is 0 Å². The second-order valence-corrected chi connectivity index (χ2v) is 6.83. The van der Waals surface area contributed by atoms with Gasteiger partial charge in [0.2, 0.25) is 0 Å². The van der Waals surface area contributed by atoms with Gasteiger partial charge in [0.25, 0.3) is 0 Å². The van der Waals surface area contributed by atoms with Gasteiger partial charge in [0.15, 0.2) is 0 Å². The van der Waals surface area contributed by atoms with Gasteiger partial charge >= 0.3 is 11.9 Å². The van der Waals surface area contributed by atoms with E-state index in [9.17, 15) is 19.8 Å². The van der Waals surface area contributed by atoms with Crippen molar-refractivity contribution in [3.63, 3.8) is 0 Å². The Morgan fingerprint density at radius 3 is 1.45 bits per heavy atom. The molecule has 4 nitrogen and oxygen atoms in total. The van der Waals surface area contributed by atoms with Crippen molar-refractivity contribution in [1.29, 1.82) is 0 Å². The number of carbonyl (C=O) groups is 2. The highest BCUT2D eigenvalue weighted by molar-refractivity contribution is 8.76. The Morgan fingerprint density at radius 1 is 0.773 bits per heavy atom. The fourth-order valence-corrected chi connectivity index (χ4v) is 4.83. The lowest BCUT2D eigenvalue weighted by molar-refractivity contribution is 0.0682. The quantitative estimate of drug-likeness (QED) is 0.784. The summed E-state index contributed by atoms with van der Waals surface area (Å²) >= 11 is 0. The molecule has 0 unspecified atom stereocenters. The van der Waals surface area contributed by atoms with Crippen molar-refractivity contribution in [1.82, 2.24) is 0 Å². The molecule has 0 radical (unpaired) electrons. The summed E-state index contributed by atoms with van der Waals surface area (Å²) < 4.78 is 0. The van der Waals surface area contributed by atoms with Crippen molar-refractivity contribution in [3.8, 4) is 0 Å². The van der Waals surface area contributed by atoms with Crippen molar-refractivity contribution in [2.45, 2.75) is 23.6 Å². The van der Waals surface area contributed by atoms with E-state index in [1.54, 1.807) is 24.3 Å². The van der Waals surface area contributed by atoms with Gasteiger partial charge in [0.05, 0.1) is 11.1 Å². The molecule has 2 aromatic rings. The lowest BCUT2D eigenvalue weighted by Gasteiger charge is -2.11. The van der Waals surface area contributed by atoms with E-state index in [0.29, 0.717) is 9.79 Å². The molecule has 0 aliphatic heterocycles. The molecule has 0 heterocycles. The lowest BCUT2D eigenvalue weighted by Crippen LogP contribution is -2.01. The van der Waals surface area contributed by atoms with Crippen LogP contribution in [-0.4, -0.2) is 22.2 Å². The van der Waals surface area contributed by atoms with Gasteiger partial charge in [-0.15, -0.1) is 0 Å². The van der Waals surface area contributed by atoms with E-state index in [0.717, 1.165) is 11.1 Å². The Hall–Kier alpha value is -1.92. The predicted octanol–water partition coefficient (Wildman–Crippen LogP) is 4.50. The lowest BCUT2D eigenvalue weighted by atomic mass is 10.1. The standard InChI is InChI=1S/C16H14O4S2/c1-9-5-3-7-11(15(17)18)13(9)21-22-14-10(2)6-4-8-12(14)16(19)20/h3-8H,1-2H3,(H,17,18)(H,19,20). The zero-order chi connectivity index (χ0) is 16.3. The maximum atomic E-state index is 11.3. The Morgan fingerprint density at radius 2 is 1.14 bits per heavy atom. The van der Waals surface area contributed by atoms with Crippen molar-refractivity contribution < 1.29 is 19.8 Å². The molecule has 0 atom stereocenters. The highest BCUT2D eigenvalue weighted by Crippen LogP contribution is 2.43. The first-order valence-electron chi connectivity index (χ1n) is 6.42. The van der Waals surface area contributed by atoms with Gasteiger partial charge in [0, 0.05) is 9.79 Å². The van der Waals surface area contributed by atoms with Gasteiger partial charge in [-0.3, -0.25) is 0 Å². The maximum absolute atomic E-state index is 11.3. The van der Waals surface area contributed by atoms with E-state index in [2.05, 4.69) is 0 Å². The fourth-order valence-electron chi connectivity index (χ4n) is 1.95. The van der Waals surface area contributed by atoms with Gasteiger partial charge in [-0.1, -0.05) is 45.9 Å². The summed E-state index contributed by atoms with van der Waals surface area (Å²) in [7, 11) is 2.55. The molecule has 0 aliphatic rings. The molecule has 0 saturated carbocycles. The molecule has 114 valence electrons. The minimum Gasteiger partial charge on any atom is -0.478 e. The minimum atomic E-state index is -0.991. The summed E-state index contributed by atoms with van der Waals surface area (Å²) in [6.45, 7) is 3.68. The molecule has 0 saturated heterocycles. The van der Waals surface area contributed by atoms with Crippen LogP contribution < -0.4 is 0 Å². The number of hydrogen-bond acceptors (Lipinski definition) is 4. The normalized spacial score (nSPS) is 10.5. The summed E-state index contributed by atoms with van der Waals surface area (Å²) in [6.07, 6.45) is 0. The smallest absolute Gasteiger partial charge is 0.336 e. The van der Waals surface area contributed by atoms with E-state index in [4.69, 9.17) is 0 Å². The van der Waals surface area contributed by atoms with Crippen LogP contribution in [0.5, 0.6) is 0 Å². The maximum Gasteiger partial charge on any atom is 0.336 e. The average molecular weight is 334 g/mol. The molecule has 0 amide bonds. The third-order valence-corrected chi connectivity index (χ3v) is 5.84. The molecular formula is C16H14O4S2. The zero-order valence-corrected chi connectivity index (χ0v) is 13.6. The molecule has 0 bridgehead atoms. The van der Waals surface area contributed by atoms with E-state index >= 15 is 0 Å². The van der Waals surface area contributed by atoms with Gasteiger partial charge in [-0.05, 0) is 37.1 Å². The molecule has 0 aliphatic carbocycles. The third kappa shape index (κ3) is 3.45. The largest absolute Gasteiger partial charge is 0.478 e.